The zero-order valence-corrected chi connectivity index (χ0v) is 9.98. The quantitative estimate of drug-likeness (QED) is 0.635. The van der Waals surface area contributed by atoms with Crippen LogP contribution in [0.1, 0.15) is 37.5 Å². The van der Waals surface area contributed by atoms with Crippen molar-refractivity contribution in [3.63, 3.8) is 0 Å². The number of halogens is 4. The van der Waals surface area contributed by atoms with Crippen molar-refractivity contribution in [3.05, 3.63) is 5.89 Å². The molecule has 0 amide bonds. The molecule has 0 saturated carbocycles. The highest BCUT2D eigenvalue weighted by molar-refractivity contribution is 6.20. The number of unbranched alkanes of at least 4 members (excludes halogenated alkanes) is 1. The Morgan fingerprint density at radius 3 is 2.59 bits per heavy atom. The van der Waals surface area contributed by atoms with Gasteiger partial charge in [0, 0.05) is 13.0 Å². The van der Waals surface area contributed by atoms with Gasteiger partial charge in [0.15, 0.2) is 0 Å². The SMILES string of the molecule is CC(Cl)c1nnc(NCCCCC(F)(F)F)o1. The van der Waals surface area contributed by atoms with Gasteiger partial charge in [0.2, 0.25) is 5.89 Å². The highest BCUT2D eigenvalue weighted by atomic mass is 35.5. The molecule has 1 atom stereocenters. The third-order valence-corrected chi connectivity index (χ3v) is 2.13. The molecule has 0 aliphatic rings. The lowest BCUT2D eigenvalue weighted by atomic mass is 10.2. The summed E-state index contributed by atoms with van der Waals surface area (Å²) in [6.45, 7) is 2.04. The third kappa shape index (κ3) is 5.76. The van der Waals surface area contributed by atoms with Crippen molar-refractivity contribution >= 4 is 17.6 Å². The molecule has 0 aromatic carbocycles. The lowest BCUT2D eigenvalue weighted by Crippen LogP contribution is -2.08. The molecule has 0 saturated heterocycles. The van der Waals surface area contributed by atoms with Crippen molar-refractivity contribution in [2.45, 2.75) is 37.7 Å². The fraction of sp³-hybridized carbons (Fsp3) is 0.778. The zero-order valence-electron chi connectivity index (χ0n) is 9.22. The average Bonchev–Trinajstić information content (AvgIpc) is 2.64. The van der Waals surface area contributed by atoms with Gasteiger partial charge in [-0.1, -0.05) is 5.10 Å². The molecule has 8 heteroatoms. The second-order valence-electron chi connectivity index (χ2n) is 3.56. The van der Waals surface area contributed by atoms with E-state index in [1.54, 1.807) is 6.92 Å². The molecule has 1 heterocycles. The number of anilines is 1. The van der Waals surface area contributed by atoms with Gasteiger partial charge in [-0.15, -0.1) is 16.7 Å². The van der Waals surface area contributed by atoms with Crippen LogP contribution in [0, 0.1) is 0 Å². The molecule has 0 fully saturated rings. The summed E-state index contributed by atoms with van der Waals surface area (Å²) in [5, 5.41) is 9.67. The van der Waals surface area contributed by atoms with E-state index in [9.17, 15) is 13.2 Å². The van der Waals surface area contributed by atoms with Crippen LogP contribution in [-0.2, 0) is 0 Å². The number of aromatic nitrogens is 2. The van der Waals surface area contributed by atoms with Crippen molar-refractivity contribution in [1.82, 2.24) is 10.2 Å². The third-order valence-electron chi connectivity index (χ3n) is 1.94. The van der Waals surface area contributed by atoms with Crippen LogP contribution in [-0.4, -0.2) is 22.9 Å². The number of hydrogen-bond acceptors (Lipinski definition) is 4. The maximum absolute atomic E-state index is 11.8. The minimum atomic E-state index is -4.09. The van der Waals surface area contributed by atoms with Crippen molar-refractivity contribution < 1.29 is 17.6 Å². The van der Waals surface area contributed by atoms with Gasteiger partial charge in [-0.2, -0.15) is 13.2 Å². The fourth-order valence-electron chi connectivity index (χ4n) is 1.11. The Balaban J connectivity index is 2.18. The molecule has 1 aromatic heterocycles. The lowest BCUT2D eigenvalue weighted by molar-refractivity contribution is -0.135. The van der Waals surface area contributed by atoms with E-state index in [4.69, 9.17) is 16.0 Å². The van der Waals surface area contributed by atoms with Gasteiger partial charge in [-0.05, 0) is 19.8 Å². The minimum absolute atomic E-state index is 0.0728. The van der Waals surface area contributed by atoms with Gasteiger partial charge in [0.25, 0.3) is 0 Å². The fourth-order valence-corrected chi connectivity index (χ4v) is 1.20. The predicted octanol–water partition coefficient (Wildman–Crippen LogP) is 3.51. The van der Waals surface area contributed by atoms with Gasteiger partial charge < -0.3 is 9.73 Å². The zero-order chi connectivity index (χ0) is 12.9. The first-order valence-corrected chi connectivity index (χ1v) is 5.60. The maximum atomic E-state index is 11.8. The van der Waals surface area contributed by atoms with E-state index in [0.29, 0.717) is 13.0 Å². The van der Waals surface area contributed by atoms with Crippen LogP contribution in [0.15, 0.2) is 4.42 Å². The Hall–Kier alpha value is -0.980. The van der Waals surface area contributed by atoms with Gasteiger partial charge >= 0.3 is 12.2 Å². The number of alkyl halides is 4. The van der Waals surface area contributed by atoms with Crippen molar-refractivity contribution in [1.29, 1.82) is 0 Å². The molecular formula is C9H13ClF3N3O. The molecule has 98 valence electrons. The first-order valence-electron chi connectivity index (χ1n) is 5.16. The van der Waals surface area contributed by atoms with E-state index in [2.05, 4.69) is 15.5 Å². The van der Waals surface area contributed by atoms with Gasteiger partial charge in [0.1, 0.15) is 5.38 Å². The minimum Gasteiger partial charge on any atom is -0.407 e. The van der Waals surface area contributed by atoms with Crippen LogP contribution in [0.3, 0.4) is 0 Å². The lowest BCUT2D eigenvalue weighted by Gasteiger charge is -2.05. The smallest absolute Gasteiger partial charge is 0.389 e. The summed E-state index contributed by atoms with van der Waals surface area (Å²) in [7, 11) is 0. The Morgan fingerprint density at radius 2 is 2.06 bits per heavy atom. The predicted molar refractivity (Wildman–Crippen MR) is 57.0 cm³/mol. The maximum Gasteiger partial charge on any atom is 0.389 e. The number of hydrogen-bond donors (Lipinski definition) is 1. The largest absolute Gasteiger partial charge is 0.407 e. The van der Waals surface area contributed by atoms with E-state index in [-0.39, 0.29) is 23.7 Å². The molecule has 1 aromatic rings. The molecule has 1 rings (SSSR count). The highest BCUT2D eigenvalue weighted by Crippen LogP contribution is 2.22. The summed E-state index contributed by atoms with van der Waals surface area (Å²) in [5.74, 6) is 0.282. The van der Waals surface area contributed by atoms with Crippen molar-refractivity contribution in [2.24, 2.45) is 0 Å². The summed E-state index contributed by atoms with van der Waals surface area (Å²) in [5.41, 5.74) is 0. The molecule has 1 unspecified atom stereocenters. The molecule has 0 radical (unpaired) electrons. The Bertz CT molecular complexity index is 340. The summed E-state index contributed by atoms with van der Waals surface area (Å²) in [6.07, 6.45) is -4.41. The van der Waals surface area contributed by atoms with Crippen LogP contribution < -0.4 is 5.32 Å². The first-order chi connectivity index (χ1) is 7.88. The summed E-state index contributed by atoms with van der Waals surface area (Å²) in [4.78, 5) is 0. The topological polar surface area (TPSA) is 51.0 Å². The Morgan fingerprint density at radius 1 is 1.35 bits per heavy atom. The van der Waals surface area contributed by atoms with E-state index < -0.39 is 12.6 Å². The molecular weight excluding hydrogens is 259 g/mol. The second kappa shape index (κ2) is 6.09. The molecule has 0 bridgehead atoms. The van der Waals surface area contributed by atoms with E-state index in [1.807, 2.05) is 0 Å². The van der Waals surface area contributed by atoms with E-state index in [1.165, 1.54) is 0 Å². The van der Waals surface area contributed by atoms with Crippen molar-refractivity contribution in [2.75, 3.05) is 11.9 Å². The standard InChI is InChI=1S/C9H13ClF3N3O/c1-6(10)7-15-16-8(17-7)14-5-3-2-4-9(11,12)13/h6H,2-5H2,1H3,(H,14,16). The van der Waals surface area contributed by atoms with E-state index >= 15 is 0 Å². The Labute approximate surface area is 102 Å². The second-order valence-corrected chi connectivity index (χ2v) is 4.22. The summed E-state index contributed by atoms with van der Waals surface area (Å²) in [6, 6.07) is 0.180. The van der Waals surface area contributed by atoms with E-state index in [0.717, 1.165) is 0 Å². The van der Waals surface area contributed by atoms with Gasteiger partial charge in [-0.3, -0.25) is 0 Å². The number of nitrogens with zero attached hydrogens (tertiary/aromatic N) is 2. The molecule has 17 heavy (non-hydrogen) atoms. The van der Waals surface area contributed by atoms with Crippen molar-refractivity contribution in [3.8, 4) is 0 Å². The number of rotatable bonds is 6. The van der Waals surface area contributed by atoms with Gasteiger partial charge in [0.05, 0.1) is 0 Å². The van der Waals surface area contributed by atoms with Crippen LogP contribution >= 0.6 is 11.6 Å². The molecule has 0 spiro atoms. The molecule has 0 aliphatic heterocycles. The number of nitrogens with one attached hydrogen (secondary N) is 1. The highest BCUT2D eigenvalue weighted by Gasteiger charge is 2.25. The summed E-state index contributed by atoms with van der Waals surface area (Å²) < 4.78 is 40.6. The summed E-state index contributed by atoms with van der Waals surface area (Å²) >= 11 is 5.70. The molecule has 4 nitrogen and oxygen atoms in total. The first kappa shape index (κ1) is 14.1. The van der Waals surface area contributed by atoms with Crippen LogP contribution in [0.4, 0.5) is 19.2 Å². The monoisotopic (exact) mass is 271 g/mol. The van der Waals surface area contributed by atoms with Gasteiger partial charge in [-0.25, -0.2) is 0 Å². The van der Waals surface area contributed by atoms with Crippen LogP contribution in [0.2, 0.25) is 0 Å². The molecule has 0 aliphatic carbocycles. The average molecular weight is 272 g/mol. The molecule has 1 N–H and O–H groups in total. The Kier molecular flexibility index (Phi) is 5.04. The normalized spacial score (nSPS) is 13.7. The van der Waals surface area contributed by atoms with Crippen LogP contribution in [0.5, 0.6) is 0 Å². The van der Waals surface area contributed by atoms with Crippen LogP contribution in [0.25, 0.3) is 0 Å².